The molecule has 1 unspecified atom stereocenters. The van der Waals surface area contributed by atoms with Crippen LogP contribution < -0.4 is 15.2 Å². The molecule has 2 aromatic carbocycles. The molecule has 0 aromatic heterocycles. The van der Waals surface area contributed by atoms with Crippen molar-refractivity contribution in [2.75, 3.05) is 6.61 Å². The van der Waals surface area contributed by atoms with Crippen LogP contribution in [0.1, 0.15) is 24.4 Å². The van der Waals surface area contributed by atoms with Crippen molar-refractivity contribution in [2.24, 2.45) is 5.73 Å². The summed E-state index contributed by atoms with van der Waals surface area (Å²) >= 11 is 5.92. The van der Waals surface area contributed by atoms with E-state index in [4.69, 9.17) is 26.8 Å². The largest absolute Gasteiger partial charge is 0.492 e. The summed E-state index contributed by atoms with van der Waals surface area (Å²) in [5.74, 6) is 1.61. The number of halogens is 1. The van der Waals surface area contributed by atoms with Crippen molar-refractivity contribution in [3.8, 4) is 11.5 Å². The third kappa shape index (κ3) is 4.13. The summed E-state index contributed by atoms with van der Waals surface area (Å²) < 4.78 is 11.5. The first-order chi connectivity index (χ1) is 10.2. The van der Waals surface area contributed by atoms with Crippen molar-refractivity contribution in [1.29, 1.82) is 0 Å². The van der Waals surface area contributed by atoms with Gasteiger partial charge in [-0.15, -0.1) is 0 Å². The Bertz CT molecular complexity index is 613. The van der Waals surface area contributed by atoms with Crippen LogP contribution in [-0.4, -0.2) is 12.7 Å². The lowest BCUT2D eigenvalue weighted by Crippen LogP contribution is -2.19. The molecule has 0 heterocycles. The van der Waals surface area contributed by atoms with Gasteiger partial charge in [0.2, 0.25) is 0 Å². The molecule has 1 fully saturated rings. The number of ether oxygens (including phenoxy) is 2. The topological polar surface area (TPSA) is 44.5 Å². The number of benzene rings is 2. The normalized spacial score (nSPS) is 15.5. The summed E-state index contributed by atoms with van der Waals surface area (Å²) in [7, 11) is 0. The monoisotopic (exact) mass is 303 g/mol. The SMILES string of the molecule is NC(COc1cccc(Cl)c1)c1cccc(OC2CC2)c1. The van der Waals surface area contributed by atoms with E-state index in [0.717, 1.165) is 29.9 Å². The smallest absolute Gasteiger partial charge is 0.120 e. The average Bonchev–Trinajstić information content (AvgIpc) is 3.29. The Hall–Kier alpha value is -1.71. The molecular weight excluding hydrogens is 286 g/mol. The van der Waals surface area contributed by atoms with Gasteiger partial charge in [-0.2, -0.15) is 0 Å². The Morgan fingerprint density at radius 1 is 1.10 bits per heavy atom. The second kappa shape index (κ2) is 6.37. The maximum Gasteiger partial charge on any atom is 0.120 e. The molecule has 1 aliphatic rings. The van der Waals surface area contributed by atoms with Gasteiger partial charge in [0, 0.05) is 5.02 Å². The Morgan fingerprint density at radius 2 is 1.86 bits per heavy atom. The van der Waals surface area contributed by atoms with E-state index in [-0.39, 0.29) is 6.04 Å². The molecule has 0 spiro atoms. The number of hydrogen-bond acceptors (Lipinski definition) is 3. The molecule has 1 saturated carbocycles. The predicted molar refractivity (Wildman–Crippen MR) is 84.0 cm³/mol. The lowest BCUT2D eigenvalue weighted by Gasteiger charge is -2.15. The molecule has 2 aromatic rings. The highest BCUT2D eigenvalue weighted by Crippen LogP contribution is 2.28. The Balaban J connectivity index is 1.60. The van der Waals surface area contributed by atoms with E-state index in [2.05, 4.69) is 0 Å². The van der Waals surface area contributed by atoms with Crippen molar-refractivity contribution in [1.82, 2.24) is 0 Å². The van der Waals surface area contributed by atoms with Crippen LogP contribution in [0.15, 0.2) is 48.5 Å². The summed E-state index contributed by atoms with van der Waals surface area (Å²) in [6.45, 7) is 0.396. The highest BCUT2D eigenvalue weighted by atomic mass is 35.5. The van der Waals surface area contributed by atoms with E-state index in [1.807, 2.05) is 42.5 Å². The molecule has 1 atom stereocenters. The first kappa shape index (κ1) is 14.2. The van der Waals surface area contributed by atoms with E-state index >= 15 is 0 Å². The van der Waals surface area contributed by atoms with Crippen molar-refractivity contribution in [3.63, 3.8) is 0 Å². The Morgan fingerprint density at radius 3 is 2.62 bits per heavy atom. The summed E-state index contributed by atoms with van der Waals surface area (Å²) in [6.07, 6.45) is 2.68. The highest BCUT2D eigenvalue weighted by molar-refractivity contribution is 6.30. The van der Waals surface area contributed by atoms with Crippen molar-refractivity contribution in [3.05, 3.63) is 59.1 Å². The van der Waals surface area contributed by atoms with E-state index in [9.17, 15) is 0 Å². The molecule has 21 heavy (non-hydrogen) atoms. The zero-order chi connectivity index (χ0) is 14.7. The van der Waals surface area contributed by atoms with Crippen LogP contribution in [0, 0.1) is 0 Å². The fourth-order valence-electron chi connectivity index (χ4n) is 2.04. The molecule has 0 bridgehead atoms. The summed E-state index contributed by atoms with van der Waals surface area (Å²) in [4.78, 5) is 0. The van der Waals surface area contributed by atoms with Crippen LogP contribution in [0.3, 0.4) is 0 Å². The van der Waals surface area contributed by atoms with Gasteiger partial charge in [-0.05, 0) is 48.7 Å². The van der Waals surface area contributed by atoms with E-state index in [1.165, 1.54) is 0 Å². The van der Waals surface area contributed by atoms with E-state index in [1.54, 1.807) is 6.07 Å². The Labute approximate surface area is 129 Å². The molecule has 0 amide bonds. The molecule has 0 radical (unpaired) electrons. The second-order valence-electron chi connectivity index (χ2n) is 5.26. The minimum absolute atomic E-state index is 0.202. The second-order valence-corrected chi connectivity index (χ2v) is 5.70. The highest BCUT2D eigenvalue weighted by Gasteiger charge is 2.23. The molecule has 0 aliphatic heterocycles. The maximum absolute atomic E-state index is 6.18. The van der Waals surface area contributed by atoms with Crippen LogP contribution in [0.5, 0.6) is 11.5 Å². The van der Waals surface area contributed by atoms with Crippen LogP contribution in [0.25, 0.3) is 0 Å². The standard InChI is InChI=1S/C17H18ClNO2/c18-13-4-2-5-15(10-13)20-11-17(19)12-3-1-6-16(9-12)21-14-7-8-14/h1-6,9-10,14,17H,7-8,11,19H2. The van der Waals surface area contributed by atoms with Gasteiger partial charge in [0.05, 0.1) is 12.1 Å². The maximum atomic E-state index is 6.18. The molecule has 3 rings (SSSR count). The minimum Gasteiger partial charge on any atom is -0.492 e. The van der Waals surface area contributed by atoms with Gasteiger partial charge in [-0.1, -0.05) is 29.8 Å². The van der Waals surface area contributed by atoms with Crippen LogP contribution in [0.2, 0.25) is 5.02 Å². The predicted octanol–water partition coefficient (Wildman–Crippen LogP) is 3.96. The minimum atomic E-state index is -0.202. The average molecular weight is 304 g/mol. The first-order valence-corrected chi connectivity index (χ1v) is 7.49. The third-order valence-corrected chi connectivity index (χ3v) is 3.57. The van der Waals surface area contributed by atoms with Gasteiger partial charge >= 0.3 is 0 Å². The fourth-order valence-corrected chi connectivity index (χ4v) is 2.22. The molecule has 2 N–H and O–H groups in total. The summed E-state index contributed by atoms with van der Waals surface area (Å²) in [5, 5.41) is 0.654. The number of hydrogen-bond donors (Lipinski definition) is 1. The summed E-state index contributed by atoms with van der Waals surface area (Å²) in [5.41, 5.74) is 7.19. The van der Waals surface area contributed by atoms with Gasteiger partial charge in [0.25, 0.3) is 0 Å². The van der Waals surface area contributed by atoms with Crippen molar-refractivity contribution in [2.45, 2.75) is 25.0 Å². The lowest BCUT2D eigenvalue weighted by atomic mass is 10.1. The molecule has 0 saturated heterocycles. The third-order valence-electron chi connectivity index (χ3n) is 3.34. The zero-order valence-electron chi connectivity index (χ0n) is 11.7. The van der Waals surface area contributed by atoms with Crippen LogP contribution in [-0.2, 0) is 0 Å². The van der Waals surface area contributed by atoms with Crippen molar-refractivity contribution < 1.29 is 9.47 Å². The van der Waals surface area contributed by atoms with Gasteiger partial charge in [-0.3, -0.25) is 0 Å². The van der Waals surface area contributed by atoms with Gasteiger partial charge in [-0.25, -0.2) is 0 Å². The van der Waals surface area contributed by atoms with Crippen LogP contribution in [0.4, 0.5) is 0 Å². The van der Waals surface area contributed by atoms with E-state index in [0.29, 0.717) is 17.7 Å². The van der Waals surface area contributed by atoms with Gasteiger partial charge in [0.1, 0.15) is 18.1 Å². The molecular formula is C17H18ClNO2. The Kier molecular flexibility index (Phi) is 4.32. The quantitative estimate of drug-likeness (QED) is 0.878. The van der Waals surface area contributed by atoms with Gasteiger partial charge in [0.15, 0.2) is 0 Å². The molecule has 1 aliphatic carbocycles. The van der Waals surface area contributed by atoms with Crippen LogP contribution >= 0.6 is 11.6 Å². The molecule has 4 heteroatoms. The lowest BCUT2D eigenvalue weighted by molar-refractivity contribution is 0.288. The molecule has 110 valence electrons. The number of rotatable bonds is 6. The van der Waals surface area contributed by atoms with Gasteiger partial charge < -0.3 is 15.2 Å². The first-order valence-electron chi connectivity index (χ1n) is 7.11. The van der Waals surface area contributed by atoms with Crippen molar-refractivity contribution >= 4 is 11.6 Å². The summed E-state index contributed by atoms with van der Waals surface area (Å²) in [6, 6.07) is 15.0. The molecule has 3 nitrogen and oxygen atoms in total. The fraction of sp³-hybridized carbons (Fsp3) is 0.294. The zero-order valence-corrected chi connectivity index (χ0v) is 12.4. The number of nitrogens with two attached hydrogens (primary N) is 1. The van der Waals surface area contributed by atoms with E-state index < -0.39 is 0 Å².